The molecule has 0 saturated heterocycles. The molecule has 1 aliphatic heterocycles. The summed E-state index contributed by atoms with van der Waals surface area (Å²) >= 11 is 0. The van der Waals surface area contributed by atoms with Crippen molar-refractivity contribution in [2.24, 2.45) is 5.92 Å². The molecule has 2 bridgehead atoms. The summed E-state index contributed by atoms with van der Waals surface area (Å²) in [6.07, 6.45) is 12.0. The predicted molar refractivity (Wildman–Crippen MR) is 130 cm³/mol. The van der Waals surface area contributed by atoms with Crippen LogP contribution in [0.4, 0.5) is 0 Å². The third-order valence-corrected chi connectivity index (χ3v) is 7.03. The lowest BCUT2D eigenvalue weighted by Gasteiger charge is -2.45. The standard InChI is InChI=1S/C29H30N2O2/c1-2-3-18-30-27(32)26(23-12-8-5-9-13-23)31-28(33)24(19-21-10-6-4-7-11-21)25-20-22-14-16-29(25,31)17-15-22/h4-17,22,26H,2-3,18-20H2,1H3,(H,30,32). The topological polar surface area (TPSA) is 49.4 Å². The van der Waals surface area contributed by atoms with Crippen LogP contribution in [0.2, 0.25) is 0 Å². The molecule has 2 amide bonds. The summed E-state index contributed by atoms with van der Waals surface area (Å²) < 4.78 is 0. The molecule has 1 atom stereocenters. The summed E-state index contributed by atoms with van der Waals surface area (Å²) in [5.74, 6) is 0.159. The van der Waals surface area contributed by atoms with Gasteiger partial charge in [-0.2, -0.15) is 0 Å². The van der Waals surface area contributed by atoms with Crippen LogP contribution in [0.3, 0.4) is 0 Å². The second-order valence-electron chi connectivity index (χ2n) is 9.16. The fourth-order valence-electron chi connectivity index (χ4n) is 5.36. The Morgan fingerprint density at radius 1 is 1.06 bits per heavy atom. The van der Waals surface area contributed by atoms with E-state index in [0.717, 1.165) is 41.5 Å². The first kappa shape index (κ1) is 21.4. The second-order valence-corrected chi connectivity index (χ2v) is 9.16. The average Bonchev–Trinajstić information content (AvgIpc) is 3.09. The summed E-state index contributed by atoms with van der Waals surface area (Å²) in [4.78, 5) is 29.6. The molecule has 0 aromatic heterocycles. The zero-order valence-electron chi connectivity index (χ0n) is 19.0. The number of nitrogens with one attached hydrogen (secondary N) is 1. The smallest absolute Gasteiger partial charge is 0.252 e. The molecule has 2 aromatic rings. The van der Waals surface area contributed by atoms with Crippen LogP contribution in [0, 0.1) is 5.92 Å². The molecule has 1 N–H and O–H groups in total. The number of benzene rings is 2. The summed E-state index contributed by atoms with van der Waals surface area (Å²) in [5, 5.41) is 3.09. The van der Waals surface area contributed by atoms with E-state index in [9.17, 15) is 9.59 Å². The maximum atomic E-state index is 14.1. The molecule has 1 spiro atoms. The zero-order chi connectivity index (χ0) is 22.8. The molecule has 0 saturated carbocycles. The van der Waals surface area contributed by atoms with Gasteiger partial charge in [0.1, 0.15) is 11.6 Å². The van der Waals surface area contributed by atoms with Gasteiger partial charge < -0.3 is 10.2 Å². The normalized spacial score (nSPS) is 23.7. The van der Waals surface area contributed by atoms with Crippen molar-refractivity contribution < 1.29 is 9.59 Å². The molecule has 4 aliphatic rings. The first-order valence-electron chi connectivity index (χ1n) is 12.0. The van der Waals surface area contributed by atoms with E-state index in [4.69, 9.17) is 0 Å². The van der Waals surface area contributed by atoms with Crippen molar-refractivity contribution in [3.63, 3.8) is 0 Å². The van der Waals surface area contributed by atoms with Crippen LogP contribution in [0.25, 0.3) is 0 Å². The lowest BCUT2D eigenvalue weighted by molar-refractivity contribution is -0.139. The van der Waals surface area contributed by atoms with Crippen LogP contribution in [0.1, 0.15) is 43.4 Å². The van der Waals surface area contributed by atoms with Gasteiger partial charge in [0.25, 0.3) is 5.91 Å². The molecular weight excluding hydrogens is 408 g/mol. The van der Waals surface area contributed by atoms with Crippen molar-refractivity contribution in [3.05, 3.63) is 107 Å². The van der Waals surface area contributed by atoms with E-state index in [1.165, 1.54) is 0 Å². The maximum absolute atomic E-state index is 14.1. The monoisotopic (exact) mass is 438 g/mol. The minimum atomic E-state index is -0.692. The molecule has 3 aliphatic carbocycles. The Bertz CT molecular complexity index is 1120. The highest BCUT2D eigenvalue weighted by Gasteiger charge is 2.55. The van der Waals surface area contributed by atoms with Crippen molar-refractivity contribution in [1.82, 2.24) is 10.2 Å². The van der Waals surface area contributed by atoms with Gasteiger partial charge in [0.15, 0.2) is 0 Å². The van der Waals surface area contributed by atoms with Gasteiger partial charge in [-0.25, -0.2) is 0 Å². The minimum Gasteiger partial charge on any atom is -0.354 e. The molecule has 4 nitrogen and oxygen atoms in total. The summed E-state index contributed by atoms with van der Waals surface area (Å²) in [5.41, 5.74) is 3.27. The molecule has 33 heavy (non-hydrogen) atoms. The number of amides is 2. The number of hydrogen-bond donors (Lipinski definition) is 1. The van der Waals surface area contributed by atoms with Gasteiger partial charge in [0.2, 0.25) is 5.91 Å². The van der Waals surface area contributed by atoms with E-state index >= 15 is 0 Å². The van der Waals surface area contributed by atoms with Gasteiger partial charge in [-0.05, 0) is 35.5 Å². The van der Waals surface area contributed by atoms with Crippen LogP contribution >= 0.6 is 0 Å². The third kappa shape index (κ3) is 3.74. The average molecular weight is 439 g/mol. The highest BCUT2D eigenvalue weighted by atomic mass is 16.2. The lowest BCUT2D eigenvalue weighted by atomic mass is 9.71. The van der Waals surface area contributed by atoms with Crippen molar-refractivity contribution in [2.45, 2.75) is 44.2 Å². The number of nitrogens with zero attached hydrogens (tertiary/aromatic N) is 1. The fraction of sp³-hybridized carbons (Fsp3) is 0.310. The number of rotatable bonds is 8. The van der Waals surface area contributed by atoms with Crippen LogP contribution in [0.5, 0.6) is 0 Å². The number of carbonyl (C=O) groups excluding carboxylic acids is 2. The van der Waals surface area contributed by atoms with Crippen molar-refractivity contribution >= 4 is 11.8 Å². The van der Waals surface area contributed by atoms with Gasteiger partial charge in [-0.3, -0.25) is 9.59 Å². The molecule has 4 heteroatoms. The summed E-state index contributed by atoms with van der Waals surface area (Å²) in [6, 6.07) is 19.2. The Hall–Kier alpha value is -3.40. The molecular formula is C29H30N2O2. The third-order valence-electron chi connectivity index (χ3n) is 7.03. The van der Waals surface area contributed by atoms with Gasteiger partial charge in [-0.1, -0.05) is 98.3 Å². The molecule has 0 radical (unpaired) electrons. The van der Waals surface area contributed by atoms with Crippen LogP contribution in [-0.2, 0) is 16.0 Å². The van der Waals surface area contributed by atoms with Gasteiger partial charge in [0.05, 0.1) is 0 Å². The van der Waals surface area contributed by atoms with Crippen LogP contribution in [0.15, 0.2) is 96.1 Å². The Morgan fingerprint density at radius 3 is 2.39 bits per heavy atom. The van der Waals surface area contributed by atoms with Crippen molar-refractivity contribution in [1.29, 1.82) is 0 Å². The molecule has 1 heterocycles. The van der Waals surface area contributed by atoms with E-state index in [-0.39, 0.29) is 11.8 Å². The van der Waals surface area contributed by atoms with Crippen molar-refractivity contribution in [3.8, 4) is 0 Å². The van der Waals surface area contributed by atoms with Crippen LogP contribution < -0.4 is 5.32 Å². The Labute approximate surface area is 195 Å². The van der Waals surface area contributed by atoms with Gasteiger partial charge in [-0.15, -0.1) is 0 Å². The summed E-state index contributed by atoms with van der Waals surface area (Å²) in [7, 11) is 0. The van der Waals surface area contributed by atoms with Gasteiger partial charge >= 0.3 is 0 Å². The molecule has 6 rings (SSSR count). The van der Waals surface area contributed by atoms with E-state index < -0.39 is 11.6 Å². The van der Waals surface area contributed by atoms with E-state index in [1.807, 2.05) is 53.4 Å². The number of hydrogen-bond acceptors (Lipinski definition) is 2. The highest BCUT2D eigenvalue weighted by Crippen LogP contribution is 2.52. The molecule has 0 fully saturated rings. The molecule has 2 aromatic carbocycles. The molecule has 1 unspecified atom stereocenters. The van der Waals surface area contributed by atoms with E-state index in [1.54, 1.807) is 0 Å². The van der Waals surface area contributed by atoms with Crippen LogP contribution in [-0.4, -0.2) is 28.8 Å². The largest absolute Gasteiger partial charge is 0.354 e. The van der Waals surface area contributed by atoms with Crippen molar-refractivity contribution in [2.75, 3.05) is 6.54 Å². The highest BCUT2D eigenvalue weighted by molar-refractivity contribution is 6.03. The Balaban J connectivity index is 1.59. The van der Waals surface area contributed by atoms with Gasteiger partial charge in [0, 0.05) is 18.5 Å². The number of carbonyl (C=O) groups is 2. The molecule has 168 valence electrons. The number of unbranched alkanes of at least 4 members (excludes halogenated alkanes) is 1. The Kier molecular flexibility index (Phi) is 5.76. The zero-order valence-corrected chi connectivity index (χ0v) is 19.0. The minimum absolute atomic E-state index is 0.0369. The lowest BCUT2D eigenvalue weighted by Crippen LogP contribution is -2.54. The SMILES string of the molecule is CCCCNC(=O)C(c1ccccc1)N1C(=O)C(Cc2ccccc2)=C2CC3C=CC21C=C3. The summed E-state index contributed by atoms with van der Waals surface area (Å²) in [6.45, 7) is 2.71. The quantitative estimate of drug-likeness (QED) is 0.470. The maximum Gasteiger partial charge on any atom is 0.252 e. The first-order chi connectivity index (χ1) is 16.1. The van der Waals surface area contributed by atoms with E-state index in [0.29, 0.717) is 18.9 Å². The number of allylic oxidation sites excluding steroid dienone is 2. The second kappa shape index (κ2) is 8.86. The first-order valence-corrected chi connectivity index (χ1v) is 12.0. The predicted octanol–water partition coefficient (Wildman–Crippen LogP) is 4.91. The van der Waals surface area contributed by atoms with E-state index in [2.05, 4.69) is 48.7 Å². The Morgan fingerprint density at radius 2 is 1.73 bits per heavy atom. The fourth-order valence-corrected chi connectivity index (χ4v) is 5.36.